The highest BCUT2D eigenvalue weighted by Crippen LogP contribution is 2.31. The number of pyridine rings is 1. The van der Waals surface area contributed by atoms with Crippen molar-refractivity contribution in [2.75, 3.05) is 13.1 Å². The highest BCUT2D eigenvalue weighted by Gasteiger charge is 2.42. The summed E-state index contributed by atoms with van der Waals surface area (Å²) in [6, 6.07) is 6.90. The molecule has 114 valence electrons. The first-order chi connectivity index (χ1) is 10.5. The average molecular weight is 301 g/mol. The van der Waals surface area contributed by atoms with Crippen LogP contribution in [0, 0.1) is 5.41 Å². The van der Waals surface area contributed by atoms with E-state index in [-0.39, 0.29) is 18.2 Å². The van der Waals surface area contributed by atoms with Crippen molar-refractivity contribution in [3.63, 3.8) is 0 Å². The van der Waals surface area contributed by atoms with Crippen molar-refractivity contribution in [1.29, 1.82) is 0 Å². The van der Waals surface area contributed by atoms with Crippen LogP contribution in [0.4, 0.5) is 0 Å². The number of carbonyl (C=O) groups is 2. The summed E-state index contributed by atoms with van der Waals surface area (Å²) >= 11 is 0. The SMILES string of the molecule is CC1(C(=O)O)CCN(C(=O)c2cc(-c3ccccn3)no2)C1. The minimum absolute atomic E-state index is 0.0929. The summed E-state index contributed by atoms with van der Waals surface area (Å²) in [7, 11) is 0. The van der Waals surface area contributed by atoms with Crippen molar-refractivity contribution in [3.05, 3.63) is 36.2 Å². The molecule has 0 spiro atoms. The molecule has 0 aromatic carbocycles. The molecule has 0 bridgehead atoms. The molecule has 0 saturated carbocycles. The maximum absolute atomic E-state index is 12.4. The Labute approximate surface area is 126 Å². The number of nitrogens with zero attached hydrogens (tertiary/aromatic N) is 3. The highest BCUT2D eigenvalue weighted by atomic mass is 16.5. The van der Waals surface area contributed by atoms with Crippen molar-refractivity contribution in [1.82, 2.24) is 15.0 Å². The topological polar surface area (TPSA) is 96.5 Å². The Hall–Kier alpha value is -2.70. The standard InChI is InChI=1S/C15H15N3O4/c1-15(14(20)21)5-7-18(9-15)13(19)12-8-11(17-22-12)10-4-2-3-6-16-10/h2-4,6,8H,5,7,9H2,1H3,(H,20,21). The van der Waals surface area contributed by atoms with Gasteiger partial charge in [-0.15, -0.1) is 0 Å². The monoisotopic (exact) mass is 301 g/mol. The number of carbonyl (C=O) groups excluding carboxylic acids is 1. The lowest BCUT2D eigenvalue weighted by Gasteiger charge is -2.19. The molecule has 7 nitrogen and oxygen atoms in total. The van der Waals surface area contributed by atoms with Crippen molar-refractivity contribution < 1.29 is 19.2 Å². The largest absolute Gasteiger partial charge is 0.481 e. The molecule has 1 atom stereocenters. The normalized spacial score (nSPS) is 21.0. The number of amides is 1. The summed E-state index contributed by atoms with van der Waals surface area (Å²) in [6.07, 6.45) is 2.06. The van der Waals surface area contributed by atoms with E-state index in [1.54, 1.807) is 25.3 Å². The number of carboxylic acid groups (broad SMARTS) is 1. The molecule has 0 aliphatic carbocycles. The fourth-order valence-electron chi connectivity index (χ4n) is 2.48. The fraction of sp³-hybridized carbons (Fsp3) is 0.333. The van der Waals surface area contributed by atoms with Gasteiger partial charge >= 0.3 is 5.97 Å². The summed E-state index contributed by atoms with van der Waals surface area (Å²) in [5, 5.41) is 13.1. The number of aliphatic carboxylic acids is 1. The number of likely N-dealkylation sites (tertiary alicyclic amines) is 1. The molecule has 2 aromatic rings. The smallest absolute Gasteiger partial charge is 0.311 e. The molecule has 1 amide bonds. The molecule has 1 saturated heterocycles. The van der Waals surface area contributed by atoms with E-state index >= 15 is 0 Å². The number of hydrogen-bond donors (Lipinski definition) is 1. The van der Waals surface area contributed by atoms with Gasteiger partial charge in [-0.1, -0.05) is 11.2 Å². The maximum Gasteiger partial charge on any atom is 0.311 e. The van der Waals surface area contributed by atoms with Gasteiger partial charge in [0.25, 0.3) is 5.91 Å². The van der Waals surface area contributed by atoms with Crippen LogP contribution in [0.25, 0.3) is 11.4 Å². The van der Waals surface area contributed by atoms with E-state index in [2.05, 4.69) is 10.1 Å². The van der Waals surface area contributed by atoms with Gasteiger partial charge in [0.2, 0.25) is 5.76 Å². The van der Waals surface area contributed by atoms with Gasteiger partial charge in [-0.2, -0.15) is 0 Å². The zero-order valence-corrected chi connectivity index (χ0v) is 12.0. The molecule has 7 heteroatoms. The van der Waals surface area contributed by atoms with E-state index in [9.17, 15) is 14.7 Å². The summed E-state index contributed by atoms with van der Waals surface area (Å²) in [5.41, 5.74) is 0.186. The summed E-state index contributed by atoms with van der Waals surface area (Å²) in [6.45, 7) is 2.20. The lowest BCUT2D eigenvalue weighted by molar-refractivity contribution is -0.147. The Morgan fingerprint density at radius 1 is 1.36 bits per heavy atom. The summed E-state index contributed by atoms with van der Waals surface area (Å²) in [5.74, 6) is -1.15. The van der Waals surface area contributed by atoms with Crippen LogP contribution in [-0.2, 0) is 4.79 Å². The number of hydrogen-bond acceptors (Lipinski definition) is 5. The summed E-state index contributed by atoms with van der Waals surface area (Å²) < 4.78 is 5.09. The predicted molar refractivity (Wildman–Crippen MR) is 76.0 cm³/mol. The minimum Gasteiger partial charge on any atom is -0.481 e. The first kappa shape index (κ1) is 14.2. The van der Waals surface area contributed by atoms with Crippen LogP contribution in [0.5, 0.6) is 0 Å². The van der Waals surface area contributed by atoms with Crippen molar-refractivity contribution in [2.45, 2.75) is 13.3 Å². The van der Waals surface area contributed by atoms with Crippen LogP contribution in [-0.4, -0.2) is 45.1 Å². The highest BCUT2D eigenvalue weighted by molar-refractivity contribution is 5.93. The van der Waals surface area contributed by atoms with E-state index < -0.39 is 11.4 Å². The molecule has 0 radical (unpaired) electrons. The first-order valence-corrected chi connectivity index (χ1v) is 6.90. The van der Waals surface area contributed by atoms with E-state index in [0.29, 0.717) is 24.4 Å². The van der Waals surface area contributed by atoms with Gasteiger partial charge in [0, 0.05) is 25.4 Å². The van der Waals surface area contributed by atoms with Gasteiger partial charge in [0.15, 0.2) is 0 Å². The second kappa shape index (κ2) is 5.25. The summed E-state index contributed by atoms with van der Waals surface area (Å²) in [4.78, 5) is 29.2. The second-order valence-corrected chi connectivity index (χ2v) is 5.63. The van der Waals surface area contributed by atoms with Crippen LogP contribution in [0.2, 0.25) is 0 Å². The van der Waals surface area contributed by atoms with E-state index in [0.717, 1.165) is 0 Å². The fourth-order valence-corrected chi connectivity index (χ4v) is 2.48. The predicted octanol–water partition coefficient (Wildman–Crippen LogP) is 1.67. The second-order valence-electron chi connectivity index (χ2n) is 5.63. The molecule has 3 rings (SSSR count). The third-order valence-corrected chi connectivity index (χ3v) is 3.93. The third kappa shape index (κ3) is 2.45. The zero-order valence-electron chi connectivity index (χ0n) is 12.0. The molecule has 2 aromatic heterocycles. The molecule has 1 fully saturated rings. The van der Waals surface area contributed by atoms with Gasteiger partial charge in [0.1, 0.15) is 5.69 Å². The van der Waals surface area contributed by atoms with Gasteiger partial charge < -0.3 is 14.5 Å². The Kier molecular flexibility index (Phi) is 3.40. The molecule has 1 aliphatic heterocycles. The Balaban J connectivity index is 1.77. The Bertz CT molecular complexity index is 713. The number of aromatic nitrogens is 2. The minimum atomic E-state index is -0.903. The van der Waals surface area contributed by atoms with Crippen molar-refractivity contribution in [2.24, 2.45) is 5.41 Å². The number of rotatable bonds is 3. The van der Waals surface area contributed by atoms with Crippen LogP contribution >= 0.6 is 0 Å². The average Bonchev–Trinajstić information content (AvgIpc) is 3.15. The molecule has 1 N–H and O–H groups in total. The molecule has 1 aliphatic rings. The molecule has 1 unspecified atom stereocenters. The van der Waals surface area contributed by atoms with Crippen LogP contribution in [0.15, 0.2) is 35.0 Å². The number of carboxylic acids is 1. The van der Waals surface area contributed by atoms with E-state index in [4.69, 9.17) is 4.52 Å². The Morgan fingerprint density at radius 3 is 2.82 bits per heavy atom. The Morgan fingerprint density at radius 2 is 2.18 bits per heavy atom. The first-order valence-electron chi connectivity index (χ1n) is 6.90. The third-order valence-electron chi connectivity index (χ3n) is 3.93. The van der Waals surface area contributed by atoms with Gasteiger partial charge in [-0.05, 0) is 25.5 Å². The van der Waals surface area contributed by atoms with Gasteiger partial charge in [0.05, 0.1) is 11.1 Å². The van der Waals surface area contributed by atoms with Gasteiger partial charge in [-0.25, -0.2) is 0 Å². The van der Waals surface area contributed by atoms with E-state index in [1.165, 1.54) is 11.0 Å². The van der Waals surface area contributed by atoms with Crippen LogP contribution in [0.1, 0.15) is 23.9 Å². The van der Waals surface area contributed by atoms with Crippen LogP contribution < -0.4 is 0 Å². The van der Waals surface area contributed by atoms with E-state index in [1.807, 2.05) is 6.07 Å². The molecule has 3 heterocycles. The molecular weight excluding hydrogens is 286 g/mol. The van der Waals surface area contributed by atoms with Crippen molar-refractivity contribution >= 4 is 11.9 Å². The zero-order chi connectivity index (χ0) is 15.7. The van der Waals surface area contributed by atoms with Gasteiger partial charge in [-0.3, -0.25) is 14.6 Å². The molecule has 22 heavy (non-hydrogen) atoms. The lowest BCUT2D eigenvalue weighted by Crippen LogP contribution is -2.34. The maximum atomic E-state index is 12.4. The quantitative estimate of drug-likeness (QED) is 0.926. The van der Waals surface area contributed by atoms with Crippen LogP contribution in [0.3, 0.4) is 0 Å². The molecular formula is C15H15N3O4. The van der Waals surface area contributed by atoms with Crippen molar-refractivity contribution in [3.8, 4) is 11.4 Å². The lowest BCUT2D eigenvalue weighted by atomic mass is 9.90.